The average molecular weight is 647 g/mol. The summed E-state index contributed by atoms with van der Waals surface area (Å²) in [5, 5.41) is 23.2. The molecule has 2 amide bonds. The van der Waals surface area contributed by atoms with Crippen LogP contribution < -0.4 is 5.32 Å². The Morgan fingerprint density at radius 1 is 1.18 bits per heavy atom. The molecule has 3 atom stereocenters. The van der Waals surface area contributed by atoms with Crippen LogP contribution in [0.4, 0.5) is 9.59 Å². The Bertz CT molecular complexity index is 1180. The molecule has 0 spiro atoms. The van der Waals surface area contributed by atoms with E-state index in [2.05, 4.69) is 15.2 Å². The number of carbonyl (C=O) groups is 2. The highest BCUT2D eigenvalue weighted by molar-refractivity contribution is 6.30. The minimum Gasteiger partial charge on any atom is -0.465 e. The van der Waals surface area contributed by atoms with Gasteiger partial charge in [-0.3, -0.25) is 0 Å². The highest BCUT2D eigenvalue weighted by Gasteiger charge is 2.33. The lowest BCUT2D eigenvalue weighted by molar-refractivity contribution is -0.0132. The van der Waals surface area contributed by atoms with Crippen LogP contribution in [0.15, 0.2) is 29.3 Å². The first-order valence-electron chi connectivity index (χ1n) is 16.1. The van der Waals surface area contributed by atoms with Gasteiger partial charge in [0.15, 0.2) is 0 Å². The first kappa shape index (κ1) is 36.2. The molecular weight excluding hydrogens is 596 g/mol. The number of hydrogen-bond acceptors (Lipinski definition) is 6. The van der Waals surface area contributed by atoms with Gasteiger partial charge in [-0.2, -0.15) is 5.26 Å². The van der Waals surface area contributed by atoms with E-state index in [1.807, 2.05) is 51.2 Å². The topological polar surface area (TPSA) is 131 Å². The summed E-state index contributed by atoms with van der Waals surface area (Å²) in [6, 6.07) is 7.45. The summed E-state index contributed by atoms with van der Waals surface area (Å²) in [5.74, 6) is 1.07. The monoisotopic (exact) mass is 646 g/mol. The summed E-state index contributed by atoms with van der Waals surface area (Å²) in [6.45, 7) is 7.74. The van der Waals surface area contributed by atoms with Crippen LogP contribution in [0.25, 0.3) is 0 Å². The second-order valence-corrected chi connectivity index (χ2v) is 13.8. The number of likely N-dealkylation sites (N-methyl/N-ethyl adjacent to an activating group) is 2. The minimum atomic E-state index is -1.01. The molecule has 250 valence electrons. The molecule has 1 heterocycles. The fourth-order valence-electron chi connectivity index (χ4n) is 6.22. The Balaban J connectivity index is 1.79. The molecule has 1 saturated heterocycles. The number of nitriles is 1. The van der Waals surface area contributed by atoms with Crippen molar-refractivity contribution >= 4 is 29.7 Å². The number of guanidine groups is 1. The molecule has 1 aromatic carbocycles. The molecule has 0 bridgehead atoms. The molecule has 11 nitrogen and oxygen atoms in total. The van der Waals surface area contributed by atoms with E-state index < -0.39 is 11.7 Å². The van der Waals surface area contributed by atoms with E-state index >= 15 is 0 Å². The van der Waals surface area contributed by atoms with Crippen LogP contribution in [0.1, 0.15) is 83.8 Å². The minimum absolute atomic E-state index is 0.0410. The highest BCUT2D eigenvalue weighted by Crippen LogP contribution is 2.34. The van der Waals surface area contributed by atoms with Gasteiger partial charge in [0.05, 0.1) is 12.7 Å². The number of rotatable bonds is 11. The van der Waals surface area contributed by atoms with Crippen LogP contribution >= 0.6 is 11.6 Å². The van der Waals surface area contributed by atoms with E-state index in [4.69, 9.17) is 21.1 Å². The van der Waals surface area contributed by atoms with Crippen molar-refractivity contribution in [3.63, 3.8) is 0 Å². The second kappa shape index (κ2) is 17.5. The molecule has 2 aliphatic rings. The molecule has 1 saturated carbocycles. The van der Waals surface area contributed by atoms with Crippen LogP contribution in [0.3, 0.4) is 0 Å². The van der Waals surface area contributed by atoms with Crippen molar-refractivity contribution in [2.24, 2.45) is 16.8 Å². The summed E-state index contributed by atoms with van der Waals surface area (Å²) in [6.07, 6.45) is 8.85. The molecule has 3 rings (SSSR count). The maximum absolute atomic E-state index is 12.9. The van der Waals surface area contributed by atoms with Gasteiger partial charge in [0, 0.05) is 57.3 Å². The Morgan fingerprint density at radius 2 is 1.91 bits per heavy atom. The van der Waals surface area contributed by atoms with Crippen LogP contribution in [0.2, 0.25) is 5.02 Å². The van der Waals surface area contributed by atoms with Gasteiger partial charge < -0.3 is 34.6 Å². The Morgan fingerprint density at radius 3 is 2.56 bits per heavy atom. The summed E-state index contributed by atoms with van der Waals surface area (Å²) in [5.41, 5.74) is 0.326. The average Bonchev–Trinajstić information content (AvgIpc) is 2.98. The lowest BCUT2D eigenvalue weighted by atomic mass is 9.84. The Kier molecular flexibility index (Phi) is 14.1. The fraction of sp³-hybridized carbons (Fsp3) is 0.697. The van der Waals surface area contributed by atoms with Crippen molar-refractivity contribution in [3.05, 3.63) is 34.9 Å². The van der Waals surface area contributed by atoms with E-state index in [1.54, 1.807) is 11.9 Å². The van der Waals surface area contributed by atoms with Crippen LogP contribution in [0.5, 0.6) is 0 Å². The first-order chi connectivity index (χ1) is 21.4. The van der Waals surface area contributed by atoms with Crippen LogP contribution in [-0.4, -0.2) is 96.5 Å². The van der Waals surface area contributed by atoms with E-state index in [0.717, 1.165) is 37.7 Å². The summed E-state index contributed by atoms with van der Waals surface area (Å²) < 4.78 is 12.0. The standard InChI is InChI=1S/C33H51ClN6O5/c1-33(2,3)45-32(43)39(5)22-28(19-24-11-7-6-8-12-24)37-30(36-23-35)40-16-10-14-26(21-40)29(25-13-9-15-27(34)20-25)44-18-17-38(4)31(41)42/h9,13,15,20,24,26,28-29H,6-8,10-12,14,16-19,21-22H2,1-5H3,(H,36,37)(H,41,42)/t26-,28+,29+/m1/s1. The summed E-state index contributed by atoms with van der Waals surface area (Å²) in [7, 11) is 3.26. The number of hydrogen-bond donors (Lipinski definition) is 2. The zero-order valence-corrected chi connectivity index (χ0v) is 28.3. The molecule has 2 N–H and O–H groups in total. The Hall–Kier alpha value is -3.23. The number of nitrogens with one attached hydrogen (secondary N) is 1. The normalized spacial score (nSPS) is 19.3. The number of halogens is 1. The molecule has 12 heteroatoms. The number of carboxylic acid groups (broad SMARTS) is 1. The van der Waals surface area contributed by atoms with Gasteiger partial charge >= 0.3 is 12.2 Å². The number of carbonyl (C=O) groups excluding carboxylic acids is 1. The lowest BCUT2D eigenvalue weighted by Gasteiger charge is -2.40. The number of ether oxygens (including phenoxy) is 2. The number of amides is 2. The van der Waals surface area contributed by atoms with Gasteiger partial charge in [-0.1, -0.05) is 55.8 Å². The zero-order chi connectivity index (χ0) is 33.0. The number of aliphatic imine (C=N–C) groups is 1. The predicted molar refractivity (Wildman–Crippen MR) is 175 cm³/mol. The van der Waals surface area contributed by atoms with Crippen molar-refractivity contribution in [2.45, 2.75) is 89.9 Å². The molecule has 1 aromatic rings. The number of piperidine rings is 1. The Labute approximate surface area is 273 Å². The van der Waals surface area contributed by atoms with E-state index in [9.17, 15) is 20.0 Å². The highest BCUT2D eigenvalue weighted by atomic mass is 35.5. The third kappa shape index (κ3) is 12.2. The molecule has 1 aliphatic carbocycles. The molecule has 1 aliphatic heterocycles. The van der Waals surface area contributed by atoms with Gasteiger partial charge in [0.25, 0.3) is 0 Å². The second-order valence-electron chi connectivity index (χ2n) is 13.4. The molecule has 2 fully saturated rings. The lowest BCUT2D eigenvalue weighted by Crippen LogP contribution is -2.53. The van der Waals surface area contributed by atoms with Gasteiger partial charge in [-0.15, -0.1) is 4.99 Å². The first-order valence-corrected chi connectivity index (χ1v) is 16.5. The largest absolute Gasteiger partial charge is 0.465 e. The van der Waals surface area contributed by atoms with E-state index in [-0.39, 0.29) is 37.3 Å². The molecule has 0 aromatic heterocycles. The van der Waals surface area contributed by atoms with Crippen molar-refractivity contribution in [1.29, 1.82) is 5.26 Å². The summed E-state index contributed by atoms with van der Waals surface area (Å²) in [4.78, 5) is 33.3. The molecular formula is C33H51ClN6O5. The zero-order valence-electron chi connectivity index (χ0n) is 27.5. The predicted octanol–water partition coefficient (Wildman–Crippen LogP) is 6.35. The molecule has 0 radical (unpaired) electrons. The smallest absolute Gasteiger partial charge is 0.410 e. The maximum Gasteiger partial charge on any atom is 0.410 e. The van der Waals surface area contributed by atoms with Crippen molar-refractivity contribution in [1.82, 2.24) is 20.0 Å². The van der Waals surface area contributed by atoms with Crippen LogP contribution in [-0.2, 0) is 9.47 Å². The SMILES string of the molecule is CN(CCO[C@@H](c1cccc(Cl)c1)[C@@H]1CCCN(/C(=N\C#N)N[C@@H](CC2CCCCC2)CN(C)C(=O)OC(C)(C)C)C1)C(=O)O. The molecule has 45 heavy (non-hydrogen) atoms. The molecule has 0 unspecified atom stereocenters. The summed E-state index contributed by atoms with van der Waals surface area (Å²) >= 11 is 6.36. The maximum atomic E-state index is 12.9. The third-order valence-electron chi connectivity index (χ3n) is 8.44. The van der Waals surface area contributed by atoms with Crippen LogP contribution in [0, 0.1) is 23.3 Å². The van der Waals surface area contributed by atoms with Crippen molar-refractivity contribution < 1.29 is 24.2 Å². The van der Waals surface area contributed by atoms with Gasteiger partial charge in [0.2, 0.25) is 12.2 Å². The number of nitrogens with zero attached hydrogens (tertiary/aromatic N) is 5. The number of likely N-dealkylation sites (tertiary alicyclic amines) is 1. The van der Waals surface area contributed by atoms with Gasteiger partial charge in [-0.05, 0) is 63.6 Å². The van der Waals surface area contributed by atoms with E-state index in [1.165, 1.54) is 31.2 Å². The van der Waals surface area contributed by atoms with Gasteiger partial charge in [-0.25, -0.2) is 9.59 Å². The van der Waals surface area contributed by atoms with Gasteiger partial charge in [0.1, 0.15) is 5.60 Å². The van der Waals surface area contributed by atoms with E-state index in [0.29, 0.717) is 36.5 Å². The van der Waals surface area contributed by atoms with Crippen molar-refractivity contribution in [2.75, 3.05) is 46.9 Å². The number of benzene rings is 1. The quantitative estimate of drug-likeness (QED) is 0.162. The fourth-order valence-corrected chi connectivity index (χ4v) is 6.42. The van der Waals surface area contributed by atoms with Crippen molar-refractivity contribution in [3.8, 4) is 6.19 Å². The third-order valence-corrected chi connectivity index (χ3v) is 8.68.